The number of nitrogens with zero attached hydrogens (tertiary/aromatic N) is 2. The van der Waals surface area contributed by atoms with Gasteiger partial charge in [-0.25, -0.2) is 9.78 Å². The Morgan fingerprint density at radius 1 is 1.08 bits per heavy atom. The van der Waals surface area contributed by atoms with E-state index in [-0.39, 0.29) is 5.69 Å². The van der Waals surface area contributed by atoms with Crippen molar-refractivity contribution in [1.29, 1.82) is 0 Å². The van der Waals surface area contributed by atoms with E-state index >= 15 is 0 Å². The number of fused-ring (bicyclic) bond motifs is 1. The second kappa shape index (κ2) is 6.87. The number of anilines is 1. The number of rotatable bonds is 4. The predicted octanol–water partition coefficient (Wildman–Crippen LogP) is 2.81. The maximum absolute atomic E-state index is 12.2. The molecule has 24 heavy (non-hydrogen) atoms. The molecule has 1 atom stereocenters. The van der Waals surface area contributed by atoms with Crippen LogP contribution in [0.4, 0.5) is 5.69 Å². The van der Waals surface area contributed by atoms with E-state index in [2.05, 4.69) is 15.3 Å². The summed E-state index contributed by atoms with van der Waals surface area (Å²) < 4.78 is 5.10. The van der Waals surface area contributed by atoms with Gasteiger partial charge in [0.25, 0.3) is 5.91 Å². The predicted molar refractivity (Wildman–Crippen MR) is 89.5 cm³/mol. The molecule has 6 nitrogen and oxygen atoms in total. The molecular formula is C18H15N3O3. The smallest absolute Gasteiger partial charge is 0.359 e. The van der Waals surface area contributed by atoms with Gasteiger partial charge in [0, 0.05) is 18.1 Å². The number of esters is 1. The standard InChI is InChI=1S/C18H15N3O3/c1-12(24-18(23)16-11-19-8-9-20-16)17(22)21-15-7-6-13-4-2-3-5-14(13)10-15/h2-12H,1H3,(H,21,22)/t12-/m0/s1. The molecule has 1 heterocycles. The molecular weight excluding hydrogens is 306 g/mol. The largest absolute Gasteiger partial charge is 0.448 e. The van der Waals surface area contributed by atoms with Crippen LogP contribution in [0.3, 0.4) is 0 Å². The first kappa shape index (κ1) is 15.6. The fourth-order valence-corrected chi connectivity index (χ4v) is 2.19. The average molecular weight is 321 g/mol. The van der Waals surface area contributed by atoms with Gasteiger partial charge in [0.05, 0.1) is 6.20 Å². The summed E-state index contributed by atoms with van der Waals surface area (Å²) in [5.74, 6) is -1.10. The van der Waals surface area contributed by atoms with Crippen molar-refractivity contribution in [3.63, 3.8) is 0 Å². The fraction of sp³-hybridized carbons (Fsp3) is 0.111. The molecule has 0 spiro atoms. The monoisotopic (exact) mass is 321 g/mol. The van der Waals surface area contributed by atoms with Crippen LogP contribution in [0.25, 0.3) is 10.8 Å². The lowest BCUT2D eigenvalue weighted by Crippen LogP contribution is -2.30. The van der Waals surface area contributed by atoms with E-state index in [9.17, 15) is 9.59 Å². The molecule has 1 amide bonds. The van der Waals surface area contributed by atoms with Crippen LogP contribution < -0.4 is 5.32 Å². The highest BCUT2D eigenvalue weighted by molar-refractivity contribution is 5.98. The number of carbonyl (C=O) groups is 2. The van der Waals surface area contributed by atoms with E-state index in [0.717, 1.165) is 10.8 Å². The number of nitrogens with one attached hydrogen (secondary N) is 1. The van der Waals surface area contributed by atoms with Crippen molar-refractivity contribution in [3.05, 3.63) is 66.7 Å². The summed E-state index contributed by atoms with van der Waals surface area (Å²) in [7, 11) is 0. The Kier molecular flexibility index (Phi) is 4.47. The number of carbonyl (C=O) groups excluding carboxylic acids is 2. The summed E-state index contributed by atoms with van der Waals surface area (Å²) >= 11 is 0. The maximum atomic E-state index is 12.2. The summed E-state index contributed by atoms with van der Waals surface area (Å²) in [6.07, 6.45) is 3.17. The van der Waals surface area contributed by atoms with Crippen LogP contribution in [-0.4, -0.2) is 27.9 Å². The topological polar surface area (TPSA) is 81.2 Å². The van der Waals surface area contributed by atoms with E-state index in [1.165, 1.54) is 25.5 Å². The molecule has 0 saturated carbocycles. The number of hydrogen-bond acceptors (Lipinski definition) is 5. The molecule has 6 heteroatoms. The van der Waals surface area contributed by atoms with Crippen LogP contribution in [0.15, 0.2) is 61.1 Å². The Bertz CT molecular complexity index is 881. The molecule has 2 aromatic carbocycles. The highest BCUT2D eigenvalue weighted by Crippen LogP contribution is 2.19. The van der Waals surface area contributed by atoms with Crippen LogP contribution >= 0.6 is 0 Å². The van der Waals surface area contributed by atoms with Crippen molar-refractivity contribution in [2.45, 2.75) is 13.0 Å². The van der Waals surface area contributed by atoms with Crippen molar-refractivity contribution in [1.82, 2.24) is 9.97 Å². The van der Waals surface area contributed by atoms with Crippen LogP contribution in [0.1, 0.15) is 17.4 Å². The molecule has 3 aromatic rings. The van der Waals surface area contributed by atoms with E-state index < -0.39 is 18.0 Å². The van der Waals surface area contributed by atoms with Crippen molar-refractivity contribution in [2.24, 2.45) is 0 Å². The molecule has 0 unspecified atom stereocenters. The first-order valence-corrected chi connectivity index (χ1v) is 7.40. The van der Waals surface area contributed by atoms with Gasteiger partial charge < -0.3 is 10.1 Å². The number of aromatic nitrogens is 2. The molecule has 3 rings (SSSR count). The molecule has 120 valence electrons. The molecule has 0 fully saturated rings. The zero-order valence-electron chi connectivity index (χ0n) is 13.0. The lowest BCUT2D eigenvalue weighted by molar-refractivity contribution is -0.123. The normalized spacial score (nSPS) is 11.7. The van der Waals surface area contributed by atoms with Crippen molar-refractivity contribution in [3.8, 4) is 0 Å². The minimum atomic E-state index is -0.953. The summed E-state index contributed by atoms with van der Waals surface area (Å²) in [5, 5.41) is 4.83. The Labute approximate surface area is 138 Å². The van der Waals surface area contributed by atoms with Gasteiger partial charge in [-0.3, -0.25) is 9.78 Å². The number of benzene rings is 2. The van der Waals surface area contributed by atoms with Gasteiger partial charge in [0.1, 0.15) is 0 Å². The first-order valence-electron chi connectivity index (χ1n) is 7.40. The highest BCUT2D eigenvalue weighted by Gasteiger charge is 2.20. The van der Waals surface area contributed by atoms with Gasteiger partial charge in [0.2, 0.25) is 0 Å². The van der Waals surface area contributed by atoms with E-state index in [1.54, 1.807) is 6.07 Å². The molecule has 0 bridgehead atoms. The summed E-state index contributed by atoms with van der Waals surface area (Å²) in [4.78, 5) is 31.7. The van der Waals surface area contributed by atoms with Crippen molar-refractivity contribution < 1.29 is 14.3 Å². The molecule has 0 aliphatic carbocycles. The zero-order chi connectivity index (χ0) is 16.9. The van der Waals surface area contributed by atoms with Gasteiger partial charge in [-0.1, -0.05) is 30.3 Å². The van der Waals surface area contributed by atoms with Gasteiger partial charge >= 0.3 is 5.97 Å². The van der Waals surface area contributed by atoms with Crippen LogP contribution in [0, 0.1) is 0 Å². The SMILES string of the molecule is C[C@H](OC(=O)c1cnccn1)C(=O)Nc1ccc2ccccc2c1. The quantitative estimate of drug-likeness (QED) is 0.747. The maximum Gasteiger partial charge on any atom is 0.359 e. The van der Waals surface area contributed by atoms with Crippen molar-refractivity contribution >= 4 is 28.3 Å². The zero-order valence-corrected chi connectivity index (χ0v) is 13.0. The third-order valence-corrected chi connectivity index (χ3v) is 3.44. The second-order valence-electron chi connectivity index (χ2n) is 5.19. The lowest BCUT2D eigenvalue weighted by Gasteiger charge is -2.13. The van der Waals surface area contributed by atoms with E-state index in [0.29, 0.717) is 5.69 Å². The summed E-state index contributed by atoms with van der Waals surface area (Å²) in [5.41, 5.74) is 0.698. The van der Waals surface area contributed by atoms with Crippen LogP contribution in [-0.2, 0) is 9.53 Å². The third kappa shape index (κ3) is 3.55. The molecule has 0 aliphatic heterocycles. The molecule has 1 N–H and O–H groups in total. The van der Waals surface area contributed by atoms with E-state index in [1.807, 2.05) is 36.4 Å². The van der Waals surface area contributed by atoms with Gasteiger partial charge in [-0.2, -0.15) is 0 Å². The molecule has 0 aliphatic rings. The molecule has 0 saturated heterocycles. The highest BCUT2D eigenvalue weighted by atomic mass is 16.5. The van der Waals surface area contributed by atoms with E-state index in [4.69, 9.17) is 4.74 Å². The summed E-state index contributed by atoms with van der Waals surface area (Å²) in [6, 6.07) is 13.4. The minimum absolute atomic E-state index is 0.0582. The second-order valence-corrected chi connectivity index (χ2v) is 5.19. The first-order chi connectivity index (χ1) is 11.6. The van der Waals surface area contributed by atoms with Crippen molar-refractivity contribution in [2.75, 3.05) is 5.32 Å². The molecule has 1 aromatic heterocycles. The number of ether oxygens (including phenoxy) is 1. The average Bonchev–Trinajstić information content (AvgIpc) is 2.62. The number of hydrogen-bond donors (Lipinski definition) is 1. The van der Waals surface area contributed by atoms with Gasteiger partial charge in [-0.05, 0) is 29.8 Å². The Hall–Kier alpha value is -3.28. The van der Waals surface area contributed by atoms with Crippen LogP contribution in [0.5, 0.6) is 0 Å². The molecule has 0 radical (unpaired) electrons. The third-order valence-electron chi connectivity index (χ3n) is 3.44. The van der Waals surface area contributed by atoms with Crippen LogP contribution in [0.2, 0.25) is 0 Å². The Morgan fingerprint density at radius 2 is 1.88 bits per heavy atom. The fourth-order valence-electron chi connectivity index (χ4n) is 2.19. The van der Waals surface area contributed by atoms with Gasteiger partial charge in [-0.15, -0.1) is 0 Å². The summed E-state index contributed by atoms with van der Waals surface area (Å²) in [6.45, 7) is 1.50. The Balaban J connectivity index is 1.66. The Morgan fingerprint density at radius 3 is 2.62 bits per heavy atom. The van der Waals surface area contributed by atoms with Gasteiger partial charge in [0.15, 0.2) is 11.8 Å². The lowest BCUT2D eigenvalue weighted by atomic mass is 10.1. The minimum Gasteiger partial charge on any atom is -0.448 e. The number of amides is 1.